The van der Waals surface area contributed by atoms with Gasteiger partial charge in [0.1, 0.15) is 0 Å². The second kappa shape index (κ2) is 7.51. The maximum atomic E-state index is 13.0. The molecule has 0 bridgehead atoms. The monoisotopic (exact) mass is 356 g/mol. The van der Waals surface area contributed by atoms with Crippen LogP contribution in [0.15, 0.2) is 0 Å². The minimum absolute atomic E-state index is 3.86. The molecule has 0 aliphatic heterocycles. The molecule has 0 spiro atoms. The summed E-state index contributed by atoms with van der Waals surface area (Å²) in [6.07, 6.45) is -27.7. The Morgan fingerprint density at radius 1 is 0.571 bits per heavy atom. The topological polar surface area (TPSA) is 54.4 Å². The van der Waals surface area contributed by atoms with Crippen molar-refractivity contribution < 1.29 is 52.5 Å². The summed E-state index contributed by atoms with van der Waals surface area (Å²) in [5.74, 6) is 0. The normalized spacial score (nSPS) is 23.2. The van der Waals surface area contributed by atoms with Crippen molar-refractivity contribution in [3.8, 4) is 0 Å². The van der Waals surface area contributed by atoms with Gasteiger partial charge in [0.15, 0.2) is 37.0 Å². The molecule has 0 radical (unpaired) electrons. The van der Waals surface area contributed by atoms with Gasteiger partial charge in [0, 0.05) is 0 Å². The van der Waals surface area contributed by atoms with Crippen molar-refractivity contribution in [3.63, 3.8) is 0 Å². The molecule has 0 aliphatic carbocycles. The fourth-order valence-corrected chi connectivity index (χ4v) is 1.63. The number of halogens is 9. The van der Waals surface area contributed by atoms with Gasteiger partial charge in [-0.3, -0.25) is 4.55 Å². The zero-order valence-corrected chi connectivity index (χ0v) is 10.5. The Kier molecular flexibility index (Phi) is 7.26. The first-order valence-electron chi connectivity index (χ1n) is 5.05. The van der Waals surface area contributed by atoms with Crippen LogP contribution in [-0.4, -0.2) is 61.9 Å². The van der Waals surface area contributed by atoms with Gasteiger partial charge < -0.3 is 0 Å². The van der Waals surface area contributed by atoms with Gasteiger partial charge in [0.25, 0.3) is 11.9 Å². The van der Waals surface area contributed by atoms with Crippen LogP contribution in [0.4, 0.5) is 39.5 Å². The van der Waals surface area contributed by atoms with Gasteiger partial charge in [-0.15, -0.1) is 0 Å². The molecule has 3 nitrogen and oxygen atoms in total. The summed E-state index contributed by atoms with van der Waals surface area (Å²) in [6.45, 7) is 0. The molecule has 7 atom stereocenters. The Morgan fingerprint density at radius 2 is 0.857 bits per heavy atom. The third-order valence-corrected chi connectivity index (χ3v) is 3.13. The molecule has 0 aliphatic rings. The Hall–Kier alpha value is -0.720. The van der Waals surface area contributed by atoms with E-state index in [4.69, 9.17) is 4.55 Å². The molecule has 21 heavy (non-hydrogen) atoms. The van der Waals surface area contributed by atoms with Gasteiger partial charge in [0.05, 0.1) is 0 Å². The number of hydrogen-bond acceptors (Lipinski definition) is 2. The molecule has 0 aromatic carbocycles. The Balaban J connectivity index is 4.95. The predicted molar refractivity (Wildman–Crippen MR) is 51.8 cm³/mol. The summed E-state index contributed by atoms with van der Waals surface area (Å²) in [5.41, 5.74) is -4.02. The van der Waals surface area contributed by atoms with Crippen LogP contribution in [0.3, 0.4) is 0 Å². The van der Waals surface area contributed by atoms with Crippen LogP contribution in [0.2, 0.25) is 0 Å². The number of alkyl halides is 9. The highest BCUT2D eigenvalue weighted by Crippen LogP contribution is 2.28. The first-order chi connectivity index (χ1) is 9.32. The van der Waals surface area contributed by atoms with Crippen LogP contribution in [0.25, 0.3) is 0 Å². The van der Waals surface area contributed by atoms with E-state index in [2.05, 4.69) is 0 Å². The molecule has 0 saturated heterocycles. The lowest BCUT2D eigenvalue weighted by molar-refractivity contribution is -0.0620. The molecule has 0 amide bonds. The standard InChI is InChI=1S/C8H9F9O3S/c9-1(3(11)5(13)7(15)16)2(10)4(12)6(14)8(17)21(18,19)20/h1-8H,(H,18,19,20). The van der Waals surface area contributed by atoms with E-state index in [9.17, 15) is 47.9 Å². The molecule has 13 heteroatoms. The Labute approximate surface area is 112 Å². The van der Waals surface area contributed by atoms with Crippen LogP contribution < -0.4 is 0 Å². The molecule has 1 N–H and O–H groups in total. The van der Waals surface area contributed by atoms with E-state index in [0.29, 0.717) is 0 Å². The molecule has 0 aromatic heterocycles. The van der Waals surface area contributed by atoms with Crippen LogP contribution in [-0.2, 0) is 10.1 Å². The first kappa shape index (κ1) is 20.3. The summed E-state index contributed by atoms with van der Waals surface area (Å²) >= 11 is 0. The first-order valence-corrected chi connectivity index (χ1v) is 6.55. The molecular formula is C8H9F9O3S. The van der Waals surface area contributed by atoms with Crippen molar-refractivity contribution >= 4 is 10.1 Å². The summed E-state index contributed by atoms with van der Waals surface area (Å²) in [5, 5.41) is 0. The third kappa shape index (κ3) is 5.20. The van der Waals surface area contributed by atoms with Crippen LogP contribution >= 0.6 is 0 Å². The average Bonchev–Trinajstić information content (AvgIpc) is 2.40. The van der Waals surface area contributed by atoms with E-state index in [0.717, 1.165) is 0 Å². The minimum atomic E-state index is -5.81. The molecule has 128 valence electrons. The van der Waals surface area contributed by atoms with E-state index in [-0.39, 0.29) is 0 Å². The van der Waals surface area contributed by atoms with Crippen molar-refractivity contribution in [3.05, 3.63) is 0 Å². The molecule has 0 rings (SSSR count). The lowest BCUT2D eigenvalue weighted by Gasteiger charge is -2.24. The summed E-state index contributed by atoms with van der Waals surface area (Å²) in [6, 6.07) is 0. The Bertz CT molecular complexity index is 419. The van der Waals surface area contributed by atoms with Crippen molar-refractivity contribution in [2.24, 2.45) is 0 Å². The maximum Gasteiger partial charge on any atom is 0.300 e. The molecule has 0 saturated carbocycles. The Morgan fingerprint density at radius 3 is 1.14 bits per heavy atom. The second-order valence-corrected chi connectivity index (χ2v) is 5.35. The van der Waals surface area contributed by atoms with E-state index in [1.165, 1.54) is 0 Å². The van der Waals surface area contributed by atoms with Crippen molar-refractivity contribution in [1.29, 1.82) is 0 Å². The molecular weight excluding hydrogens is 347 g/mol. The van der Waals surface area contributed by atoms with Gasteiger partial charge in [0.2, 0.25) is 0 Å². The quantitative estimate of drug-likeness (QED) is 0.537. The second-order valence-electron chi connectivity index (χ2n) is 3.87. The van der Waals surface area contributed by atoms with Gasteiger partial charge in [-0.1, -0.05) is 0 Å². The highest BCUT2D eigenvalue weighted by Gasteiger charge is 2.49. The van der Waals surface area contributed by atoms with Crippen molar-refractivity contribution in [1.82, 2.24) is 0 Å². The zero-order chi connectivity index (χ0) is 17.1. The fourth-order valence-electron chi connectivity index (χ4n) is 1.15. The molecule has 0 aromatic rings. The molecule has 0 heterocycles. The largest absolute Gasteiger partial charge is 0.300 e. The fraction of sp³-hybridized carbons (Fsp3) is 1.00. The predicted octanol–water partition coefficient (Wildman–Crippen LogP) is 2.46. The van der Waals surface area contributed by atoms with Crippen molar-refractivity contribution in [2.75, 3.05) is 0 Å². The van der Waals surface area contributed by atoms with E-state index >= 15 is 0 Å². The van der Waals surface area contributed by atoms with Gasteiger partial charge in [-0.05, 0) is 0 Å². The minimum Gasteiger partial charge on any atom is -0.283 e. The van der Waals surface area contributed by atoms with Crippen LogP contribution in [0.1, 0.15) is 0 Å². The van der Waals surface area contributed by atoms with Gasteiger partial charge in [-0.25, -0.2) is 39.5 Å². The highest BCUT2D eigenvalue weighted by molar-refractivity contribution is 7.86. The smallest absolute Gasteiger partial charge is 0.283 e. The van der Waals surface area contributed by atoms with Crippen LogP contribution in [0.5, 0.6) is 0 Å². The van der Waals surface area contributed by atoms with Gasteiger partial charge in [-0.2, -0.15) is 8.42 Å². The zero-order valence-electron chi connectivity index (χ0n) is 9.69. The number of hydrogen-bond donors (Lipinski definition) is 1. The SMILES string of the molecule is O=S(=O)(O)C(F)C(F)C(F)C(F)C(F)C(F)C(F)C(F)F. The lowest BCUT2D eigenvalue weighted by Crippen LogP contribution is -2.47. The molecule has 0 fully saturated rings. The lowest BCUT2D eigenvalue weighted by atomic mass is 10.0. The maximum absolute atomic E-state index is 13.0. The number of rotatable bonds is 8. The van der Waals surface area contributed by atoms with E-state index < -0.39 is 59.1 Å². The summed E-state index contributed by atoms with van der Waals surface area (Å²) in [4.78, 5) is 0. The third-order valence-electron chi connectivity index (χ3n) is 2.30. The van der Waals surface area contributed by atoms with E-state index in [1.54, 1.807) is 0 Å². The average molecular weight is 356 g/mol. The van der Waals surface area contributed by atoms with E-state index in [1.807, 2.05) is 0 Å². The van der Waals surface area contributed by atoms with Gasteiger partial charge >= 0.3 is 10.1 Å². The van der Waals surface area contributed by atoms with Crippen molar-refractivity contribution in [2.45, 2.75) is 49.0 Å². The van der Waals surface area contributed by atoms with Crippen LogP contribution in [0, 0.1) is 0 Å². The highest BCUT2D eigenvalue weighted by atomic mass is 32.2. The summed E-state index contributed by atoms with van der Waals surface area (Å²) in [7, 11) is -5.81. The molecule has 7 unspecified atom stereocenters. The summed E-state index contributed by atoms with van der Waals surface area (Å²) < 4.78 is 141.